The van der Waals surface area contributed by atoms with Gasteiger partial charge in [0.05, 0.1) is 0 Å². The Labute approximate surface area is 95.7 Å². The molecule has 4 heteroatoms. The fraction of sp³-hybridized carbons (Fsp3) is 0.583. The van der Waals surface area contributed by atoms with Crippen molar-refractivity contribution in [1.29, 1.82) is 0 Å². The van der Waals surface area contributed by atoms with Crippen LogP contribution in [-0.4, -0.2) is 21.0 Å². The van der Waals surface area contributed by atoms with Crippen LogP contribution >= 0.6 is 0 Å². The Balaban J connectivity index is 2.61. The average Bonchev–Trinajstić information content (AvgIpc) is 2.16. The highest BCUT2D eigenvalue weighted by molar-refractivity contribution is 5.66. The van der Waals surface area contributed by atoms with Gasteiger partial charge < -0.3 is 5.11 Å². The van der Waals surface area contributed by atoms with E-state index in [2.05, 4.69) is 16.9 Å². The largest absolute Gasteiger partial charge is 0.481 e. The van der Waals surface area contributed by atoms with Crippen molar-refractivity contribution >= 4 is 5.97 Å². The van der Waals surface area contributed by atoms with Gasteiger partial charge in [-0.15, -0.1) is 0 Å². The molecule has 0 unspecified atom stereocenters. The van der Waals surface area contributed by atoms with Gasteiger partial charge in [-0.1, -0.05) is 13.3 Å². The highest BCUT2D eigenvalue weighted by Crippen LogP contribution is 2.06. The Morgan fingerprint density at radius 1 is 1.38 bits per heavy atom. The molecule has 0 radical (unpaired) electrons. The zero-order valence-corrected chi connectivity index (χ0v) is 9.86. The molecular weight excluding hydrogens is 204 g/mol. The van der Waals surface area contributed by atoms with Crippen molar-refractivity contribution in [3.63, 3.8) is 0 Å². The number of nitrogens with zero attached hydrogens (tertiary/aromatic N) is 2. The first-order valence-corrected chi connectivity index (χ1v) is 5.67. The van der Waals surface area contributed by atoms with Crippen LogP contribution in [0.4, 0.5) is 0 Å². The Bertz CT molecular complexity index is 364. The van der Waals surface area contributed by atoms with Crippen LogP contribution in [0.3, 0.4) is 0 Å². The lowest BCUT2D eigenvalue weighted by Gasteiger charge is -2.04. The van der Waals surface area contributed by atoms with Gasteiger partial charge in [-0.2, -0.15) is 0 Å². The maximum atomic E-state index is 10.4. The van der Waals surface area contributed by atoms with Crippen LogP contribution in [0.2, 0.25) is 0 Å². The predicted octanol–water partition coefficient (Wildman–Crippen LogP) is 2.14. The van der Waals surface area contributed by atoms with Crippen molar-refractivity contribution in [2.24, 2.45) is 0 Å². The van der Waals surface area contributed by atoms with Crippen LogP contribution in [0.25, 0.3) is 0 Å². The van der Waals surface area contributed by atoms with E-state index in [1.54, 1.807) is 0 Å². The number of rotatable bonds is 6. The zero-order valence-electron chi connectivity index (χ0n) is 9.86. The van der Waals surface area contributed by atoms with E-state index in [1.807, 2.05) is 13.0 Å². The molecule has 4 nitrogen and oxygen atoms in total. The normalized spacial score (nSPS) is 10.4. The summed E-state index contributed by atoms with van der Waals surface area (Å²) in [5.74, 6) is 0.00568. The molecule has 0 bridgehead atoms. The van der Waals surface area contributed by atoms with E-state index >= 15 is 0 Å². The maximum absolute atomic E-state index is 10.4. The number of carboxylic acid groups (broad SMARTS) is 1. The van der Waals surface area contributed by atoms with Crippen LogP contribution in [0, 0.1) is 6.92 Å². The summed E-state index contributed by atoms with van der Waals surface area (Å²) in [6.45, 7) is 4.06. The van der Waals surface area contributed by atoms with Gasteiger partial charge in [0.1, 0.15) is 5.82 Å². The quantitative estimate of drug-likeness (QED) is 0.801. The second kappa shape index (κ2) is 6.20. The summed E-state index contributed by atoms with van der Waals surface area (Å²) in [6.07, 6.45) is 3.44. The van der Waals surface area contributed by atoms with Crippen molar-refractivity contribution in [2.45, 2.75) is 46.0 Å². The third kappa shape index (κ3) is 4.38. The number of aryl methyl sites for hydroxylation is 3. The summed E-state index contributed by atoms with van der Waals surface area (Å²) in [5.41, 5.74) is 2.02. The van der Waals surface area contributed by atoms with E-state index in [1.165, 1.54) is 0 Å². The molecule has 0 fully saturated rings. The number of hydrogen-bond donors (Lipinski definition) is 1. The predicted molar refractivity (Wildman–Crippen MR) is 61.3 cm³/mol. The van der Waals surface area contributed by atoms with E-state index < -0.39 is 5.97 Å². The van der Waals surface area contributed by atoms with Crippen molar-refractivity contribution < 1.29 is 9.90 Å². The summed E-state index contributed by atoms with van der Waals surface area (Å²) < 4.78 is 0. The molecular formula is C12H18N2O2. The van der Waals surface area contributed by atoms with E-state index in [9.17, 15) is 4.79 Å². The molecule has 0 aromatic carbocycles. The summed E-state index contributed by atoms with van der Waals surface area (Å²) in [6, 6.07) is 1.99. The van der Waals surface area contributed by atoms with Crippen molar-refractivity contribution in [3.05, 3.63) is 23.3 Å². The molecule has 1 rings (SSSR count). The maximum Gasteiger partial charge on any atom is 0.303 e. The molecule has 0 saturated carbocycles. The van der Waals surface area contributed by atoms with Crippen LogP contribution in [-0.2, 0) is 17.6 Å². The number of hydrogen-bond acceptors (Lipinski definition) is 3. The van der Waals surface area contributed by atoms with Gasteiger partial charge in [0, 0.05) is 24.2 Å². The van der Waals surface area contributed by atoms with Crippen LogP contribution in [0.1, 0.15) is 43.4 Å². The third-order valence-corrected chi connectivity index (χ3v) is 2.25. The van der Waals surface area contributed by atoms with Crippen LogP contribution in [0.5, 0.6) is 0 Å². The molecule has 0 aliphatic heterocycles. The molecule has 0 atom stereocenters. The van der Waals surface area contributed by atoms with Gasteiger partial charge in [-0.05, 0) is 25.8 Å². The molecule has 16 heavy (non-hydrogen) atoms. The minimum atomic E-state index is -0.763. The monoisotopic (exact) mass is 222 g/mol. The number of aliphatic carboxylic acids is 1. The van der Waals surface area contributed by atoms with E-state index in [0.29, 0.717) is 12.8 Å². The SMILES string of the molecule is CCCc1cc(C)nc(CCCC(=O)O)n1. The minimum Gasteiger partial charge on any atom is -0.481 e. The van der Waals surface area contributed by atoms with Crippen molar-refractivity contribution in [2.75, 3.05) is 0 Å². The fourth-order valence-electron chi connectivity index (χ4n) is 1.59. The number of aromatic nitrogens is 2. The van der Waals surface area contributed by atoms with Crippen LogP contribution in [0.15, 0.2) is 6.07 Å². The standard InChI is InChI=1S/C12H18N2O2/c1-3-5-10-8-9(2)13-11(14-10)6-4-7-12(15)16/h8H,3-7H2,1-2H3,(H,15,16). The molecule has 0 amide bonds. The van der Waals surface area contributed by atoms with Crippen molar-refractivity contribution in [1.82, 2.24) is 9.97 Å². The van der Waals surface area contributed by atoms with Crippen molar-refractivity contribution in [3.8, 4) is 0 Å². The Kier molecular flexibility index (Phi) is 4.89. The summed E-state index contributed by atoms with van der Waals surface area (Å²) in [5, 5.41) is 8.54. The third-order valence-electron chi connectivity index (χ3n) is 2.25. The fourth-order valence-corrected chi connectivity index (χ4v) is 1.59. The molecule has 0 aliphatic rings. The van der Waals surface area contributed by atoms with Crippen LogP contribution < -0.4 is 0 Å². The first-order chi connectivity index (χ1) is 7.61. The Hall–Kier alpha value is -1.45. The van der Waals surface area contributed by atoms with E-state index in [0.717, 1.165) is 30.1 Å². The van der Waals surface area contributed by atoms with Gasteiger partial charge >= 0.3 is 5.97 Å². The van der Waals surface area contributed by atoms with Gasteiger partial charge in [-0.25, -0.2) is 9.97 Å². The van der Waals surface area contributed by atoms with Gasteiger partial charge in [0.2, 0.25) is 0 Å². The number of carboxylic acids is 1. The molecule has 1 aromatic heterocycles. The topological polar surface area (TPSA) is 63.1 Å². The van der Waals surface area contributed by atoms with Gasteiger partial charge in [0.25, 0.3) is 0 Å². The molecule has 0 saturated heterocycles. The first kappa shape index (κ1) is 12.6. The molecule has 0 spiro atoms. The summed E-state index contributed by atoms with van der Waals surface area (Å²) in [7, 11) is 0. The number of carbonyl (C=O) groups is 1. The highest BCUT2D eigenvalue weighted by atomic mass is 16.4. The molecule has 1 aromatic rings. The van der Waals surface area contributed by atoms with Gasteiger partial charge in [-0.3, -0.25) is 4.79 Å². The second-order valence-corrected chi connectivity index (χ2v) is 3.91. The smallest absolute Gasteiger partial charge is 0.303 e. The van der Waals surface area contributed by atoms with E-state index in [4.69, 9.17) is 5.11 Å². The molecule has 88 valence electrons. The lowest BCUT2D eigenvalue weighted by molar-refractivity contribution is -0.137. The zero-order chi connectivity index (χ0) is 12.0. The Morgan fingerprint density at radius 2 is 2.12 bits per heavy atom. The Morgan fingerprint density at radius 3 is 2.75 bits per heavy atom. The molecule has 1 N–H and O–H groups in total. The highest BCUT2D eigenvalue weighted by Gasteiger charge is 2.03. The van der Waals surface area contributed by atoms with E-state index in [-0.39, 0.29) is 6.42 Å². The minimum absolute atomic E-state index is 0.181. The second-order valence-electron chi connectivity index (χ2n) is 3.91. The summed E-state index contributed by atoms with van der Waals surface area (Å²) in [4.78, 5) is 19.1. The first-order valence-electron chi connectivity index (χ1n) is 5.67. The average molecular weight is 222 g/mol. The van der Waals surface area contributed by atoms with Gasteiger partial charge in [0.15, 0.2) is 0 Å². The molecule has 1 heterocycles. The lowest BCUT2D eigenvalue weighted by Crippen LogP contribution is -2.03. The summed E-state index contributed by atoms with van der Waals surface area (Å²) >= 11 is 0. The lowest BCUT2D eigenvalue weighted by atomic mass is 10.2. The molecule has 0 aliphatic carbocycles.